The summed E-state index contributed by atoms with van der Waals surface area (Å²) in [5.41, 5.74) is 4.66. The number of aromatic hydroxyl groups is 1. The second-order valence-corrected chi connectivity index (χ2v) is 10.1. The lowest BCUT2D eigenvalue weighted by Gasteiger charge is -2.27. The molecule has 2 rings (SSSR count). The molecule has 0 spiro atoms. The van der Waals surface area contributed by atoms with Crippen molar-refractivity contribution in [1.29, 1.82) is 0 Å². The van der Waals surface area contributed by atoms with Gasteiger partial charge in [0.15, 0.2) is 5.69 Å². The number of thiazole rings is 1. The summed E-state index contributed by atoms with van der Waals surface area (Å²) in [6.45, 7) is 14.6. The van der Waals surface area contributed by atoms with Crippen LogP contribution in [0.3, 0.4) is 0 Å². The fourth-order valence-corrected chi connectivity index (χ4v) is 4.12. The predicted molar refractivity (Wildman–Crippen MR) is 110 cm³/mol. The molecule has 0 aliphatic rings. The van der Waals surface area contributed by atoms with E-state index in [9.17, 15) is 9.90 Å². The average molecular weight is 470 g/mol. The largest absolute Gasteiger partial charge is 1.00 e. The minimum atomic E-state index is -0.264. The molecule has 0 atom stereocenters. The maximum atomic E-state index is 13.1. The number of carbonyl (C=O) groups excluding carboxylic acids is 1. The molecule has 0 bridgehead atoms. The van der Waals surface area contributed by atoms with Crippen molar-refractivity contribution in [2.45, 2.75) is 72.3 Å². The van der Waals surface area contributed by atoms with Crippen LogP contribution < -0.4 is 21.5 Å². The predicted octanol–water partition coefficient (Wildman–Crippen LogP) is 1.07. The lowest BCUT2D eigenvalue weighted by atomic mass is 9.78. The van der Waals surface area contributed by atoms with Crippen LogP contribution in [0.1, 0.15) is 73.6 Å². The minimum Gasteiger partial charge on any atom is -1.00 e. The molecule has 4 nitrogen and oxygen atoms in total. The molecule has 1 heterocycles. The van der Waals surface area contributed by atoms with Gasteiger partial charge in [0, 0.05) is 36.6 Å². The number of aromatic nitrogens is 1. The van der Waals surface area contributed by atoms with Gasteiger partial charge < -0.3 is 27.2 Å². The molecule has 28 heavy (non-hydrogen) atoms. The topological polar surface area (TPSA) is 61.4 Å². The molecule has 2 aromatic rings. The first-order valence-corrected chi connectivity index (χ1v) is 10.2. The van der Waals surface area contributed by atoms with Crippen LogP contribution in [-0.2, 0) is 23.8 Å². The zero-order chi connectivity index (χ0) is 20.6. The van der Waals surface area contributed by atoms with E-state index in [1.165, 1.54) is 0 Å². The Morgan fingerprint density at radius 3 is 2.00 bits per heavy atom. The van der Waals surface area contributed by atoms with Crippen molar-refractivity contribution in [1.82, 2.24) is 0 Å². The van der Waals surface area contributed by atoms with Gasteiger partial charge in [-0.2, -0.15) is 4.57 Å². The van der Waals surface area contributed by atoms with Gasteiger partial charge in [0.2, 0.25) is 17.8 Å². The zero-order valence-corrected chi connectivity index (χ0v) is 20.3. The summed E-state index contributed by atoms with van der Waals surface area (Å²) in [7, 11) is 0. The highest BCUT2D eigenvalue weighted by Gasteiger charge is 2.29. The zero-order valence-electron chi connectivity index (χ0n) is 17.9. The van der Waals surface area contributed by atoms with Crippen LogP contribution in [0.2, 0.25) is 0 Å². The third kappa shape index (κ3) is 5.43. The summed E-state index contributed by atoms with van der Waals surface area (Å²) in [4.78, 5) is 14.2. The Balaban J connectivity index is 0.00000392. The number of ketones is 1. The van der Waals surface area contributed by atoms with Crippen LogP contribution in [0.15, 0.2) is 17.6 Å². The van der Waals surface area contributed by atoms with Gasteiger partial charge in [-0.05, 0) is 23.0 Å². The highest BCUT2D eigenvalue weighted by atomic mass is 79.9. The van der Waals surface area contributed by atoms with Gasteiger partial charge >= 0.3 is 0 Å². The van der Waals surface area contributed by atoms with E-state index in [0.717, 1.165) is 21.7 Å². The Kier molecular flexibility index (Phi) is 8.02. The first-order chi connectivity index (χ1) is 12.4. The van der Waals surface area contributed by atoms with E-state index in [-0.39, 0.29) is 52.5 Å². The fourth-order valence-electron chi connectivity index (χ4n) is 3.13. The lowest BCUT2D eigenvalue weighted by molar-refractivity contribution is -0.684. The molecule has 0 aliphatic heterocycles. The molecule has 0 radical (unpaired) electrons. The third-order valence-electron chi connectivity index (χ3n) is 4.86. The third-order valence-corrected chi connectivity index (χ3v) is 6.00. The van der Waals surface area contributed by atoms with Gasteiger partial charge in [-0.15, -0.1) is 0 Å². The van der Waals surface area contributed by atoms with Crippen LogP contribution in [0, 0.1) is 6.92 Å². The van der Waals surface area contributed by atoms with E-state index < -0.39 is 0 Å². The molecule has 2 N–H and O–H groups in total. The number of rotatable bonds is 5. The van der Waals surface area contributed by atoms with Gasteiger partial charge in [-0.3, -0.25) is 4.79 Å². The first kappa shape index (κ1) is 24.8. The van der Waals surface area contributed by atoms with E-state index in [4.69, 9.17) is 5.11 Å². The van der Waals surface area contributed by atoms with E-state index in [0.29, 0.717) is 12.0 Å². The average Bonchev–Trinajstić information content (AvgIpc) is 2.86. The number of nitrogens with zero attached hydrogens (tertiary/aromatic N) is 1. The number of benzene rings is 1. The normalized spacial score (nSPS) is 12.0. The van der Waals surface area contributed by atoms with E-state index in [1.54, 1.807) is 11.3 Å². The Bertz CT molecular complexity index is 809. The van der Waals surface area contributed by atoms with Crippen molar-refractivity contribution < 1.29 is 36.6 Å². The molecule has 0 amide bonds. The highest BCUT2D eigenvalue weighted by Crippen LogP contribution is 2.39. The minimum absolute atomic E-state index is 0. The van der Waals surface area contributed by atoms with Crippen molar-refractivity contribution >= 4 is 17.1 Å². The number of carbonyl (C=O) groups is 1. The molecule has 1 aromatic carbocycles. The van der Waals surface area contributed by atoms with Crippen LogP contribution in [-0.4, -0.2) is 22.6 Å². The molecule has 0 aliphatic carbocycles. The number of halogens is 1. The van der Waals surface area contributed by atoms with Gasteiger partial charge in [0.25, 0.3) is 0 Å². The van der Waals surface area contributed by atoms with Crippen molar-refractivity contribution in [3.05, 3.63) is 44.9 Å². The molecule has 6 heteroatoms. The van der Waals surface area contributed by atoms with E-state index in [1.807, 2.05) is 70.7 Å². The molecule has 0 saturated carbocycles. The van der Waals surface area contributed by atoms with E-state index >= 15 is 0 Å². The summed E-state index contributed by atoms with van der Waals surface area (Å²) in [5, 5.41) is 20.0. The number of phenols is 1. The molecular formula is C22H32BrNO3S. The van der Waals surface area contributed by atoms with Crippen LogP contribution in [0.5, 0.6) is 5.75 Å². The highest BCUT2D eigenvalue weighted by molar-refractivity contribution is 7.09. The van der Waals surface area contributed by atoms with Gasteiger partial charge in [-0.25, -0.2) is 0 Å². The number of hydrogen-bond acceptors (Lipinski definition) is 4. The van der Waals surface area contributed by atoms with Gasteiger partial charge in [0.1, 0.15) is 5.75 Å². The maximum Gasteiger partial charge on any atom is 0.227 e. The number of Topliss-reactive ketones (excluding diaryl/α,β-unsaturated/α-hetero) is 1. The molecule has 0 saturated heterocycles. The number of aliphatic hydroxyl groups excluding tert-OH is 1. The van der Waals surface area contributed by atoms with Crippen molar-refractivity contribution in [2.24, 2.45) is 0 Å². The second kappa shape index (κ2) is 9.06. The SMILES string of the molecule is Cc1c(CCO)sc[n+]1CC(=O)c1cc(C(C)(C)C)c(O)c(C(C)(C)C)c1.[Br-]. The second-order valence-electron chi connectivity index (χ2n) is 9.18. The van der Waals surface area contributed by atoms with Gasteiger partial charge in [0.05, 0.1) is 4.88 Å². The Labute approximate surface area is 183 Å². The Hall–Kier alpha value is -1.24. The molecule has 1 aromatic heterocycles. The number of aliphatic hydroxyl groups is 1. The fraction of sp³-hybridized carbons (Fsp3) is 0.545. The summed E-state index contributed by atoms with van der Waals surface area (Å²) in [5.74, 6) is 0.309. The molecule has 0 unspecified atom stereocenters. The van der Waals surface area contributed by atoms with Crippen LogP contribution in [0.4, 0.5) is 0 Å². The first-order valence-electron chi connectivity index (χ1n) is 9.34. The monoisotopic (exact) mass is 469 g/mol. The molecule has 156 valence electrons. The summed E-state index contributed by atoms with van der Waals surface area (Å²) < 4.78 is 1.94. The molecular weight excluding hydrogens is 438 g/mol. The van der Waals surface area contributed by atoms with Crippen molar-refractivity contribution in [2.75, 3.05) is 6.61 Å². The summed E-state index contributed by atoms with van der Waals surface area (Å²) >= 11 is 1.57. The summed E-state index contributed by atoms with van der Waals surface area (Å²) in [6.07, 6.45) is 0.610. The van der Waals surface area contributed by atoms with Crippen molar-refractivity contribution in [3.63, 3.8) is 0 Å². The maximum absolute atomic E-state index is 13.1. The lowest BCUT2D eigenvalue weighted by Crippen LogP contribution is -3.00. The summed E-state index contributed by atoms with van der Waals surface area (Å²) in [6, 6.07) is 3.67. The Morgan fingerprint density at radius 1 is 1.07 bits per heavy atom. The van der Waals surface area contributed by atoms with Gasteiger partial charge in [-0.1, -0.05) is 52.9 Å². The van der Waals surface area contributed by atoms with Crippen LogP contribution in [0.25, 0.3) is 0 Å². The quantitative estimate of drug-likeness (QED) is 0.508. The standard InChI is InChI=1S/C22H31NO3S.BrH/c1-14-19(8-9-24)27-13-23(14)12-18(25)15-10-16(21(2,3)4)20(26)17(11-15)22(5,6)7;/h10-11,13,24H,8-9,12H2,1-7H3;1H. The van der Waals surface area contributed by atoms with Crippen molar-refractivity contribution in [3.8, 4) is 5.75 Å². The Morgan fingerprint density at radius 2 is 1.57 bits per heavy atom. The number of phenolic OH excluding ortho intramolecular Hbond substituents is 1. The van der Waals surface area contributed by atoms with Crippen LogP contribution >= 0.6 is 11.3 Å². The number of hydrogen-bond donors (Lipinski definition) is 2. The van der Waals surface area contributed by atoms with E-state index in [2.05, 4.69) is 0 Å². The molecule has 0 fully saturated rings. The smallest absolute Gasteiger partial charge is 0.227 e.